The highest BCUT2D eigenvalue weighted by Gasteiger charge is 2.01. The Bertz CT molecular complexity index is 523. The molecule has 0 aliphatic rings. The van der Waals surface area contributed by atoms with Gasteiger partial charge in [-0.2, -0.15) is 0 Å². The van der Waals surface area contributed by atoms with Gasteiger partial charge in [-0.1, -0.05) is 31.7 Å². The maximum atomic E-state index is 5.15. The summed E-state index contributed by atoms with van der Waals surface area (Å²) in [5, 5.41) is 4.39. The Morgan fingerprint density at radius 1 is 1.15 bits per heavy atom. The molecular weight excluding hydrogens is 268 g/mol. The van der Waals surface area contributed by atoms with Crippen LogP contribution in [0.4, 0.5) is 0 Å². The average molecular weight is 288 g/mol. The summed E-state index contributed by atoms with van der Waals surface area (Å²) in [4.78, 5) is 5.64. The van der Waals surface area contributed by atoms with Crippen molar-refractivity contribution in [1.29, 1.82) is 0 Å². The van der Waals surface area contributed by atoms with Crippen LogP contribution in [0.15, 0.2) is 52.5 Å². The van der Waals surface area contributed by atoms with E-state index in [1.165, 1.54) is 5.56 Å². The first-order chi connectivity index (χ1) is 9.67. The van der Waals surface area contributed by atoms with Gasteiger partial charge in [0.05, 0.1) is 7.11 Å². The van der Waals surface area contributed by atoms with E-state index >= 15 is 0 Å². The van der Waals surface area contributed by atoms with Gasteiger partial charge in [0.25, 0.3) is 0 Å². The van der Waals surface area contributed by atoms with Crippen molar-refractivity contribution in [2.45, 2.75) is 36.4 Å². The predicted molar refractivity (Wildman–Crippen MR) is 83.3 cm³/mol. The zero-order chi connectivity index (χ0) is 14.4. The van der Waals surface area contributed by atoms with Gasteiger partial charge < -0.3 is 10.1 Å². The second kappa shape index (κ2) is 7.31. The summed E-state index contributed by atoms with van der Waals surface area (Å²) in [6, 6.07) is 12.7. The van der Waals surface area contributed by atoms with Crippen molar-refractivity contribution in [3.05, 3.63) is 48.2 Å². The quantitative estimate of drug-likeness (QED) is 0.878. The fourth-order valence-electron chi connectivity index (χ4n) is 1.66. The molecule has 3 nitrogen and oxygen atoms in total. The van der Waals surface area contributed by atoms with Crippen LogP contribution >= 0.6 is 11.8 Å². The van der Waals surface area contributed by atoms with E-state index in [0.29, 0.717) is 6.04 Å². The zero-order valence-corrected chi connectivity index (χ0v) is 12.9. The lowest BCUT2D eigenvalue weighted by Gasteiger charge is -2.08. The Hall–Kier alpha value is -1.52. The molecule has 1 N–H and O–H groups in total. The van der Waals surface area contributed by atoms with E-state index in [4.69, 9.17) is 4.74 Å². The summed E-state index contributed by atoms with van der Waals surface area (Å²) < 4.78 is 5.15. The Labute approximate surface area is 124 Å². The van der Waals surface area contributed by atoms with Gasteiger partial charge in [0.15, 0.2) is 0 Å². The van der Waals surface area contributed by atoms with Gasteiger partial charge in [0, 0.05) is 23.7 Å². The van der Waals surface area contributed by atoms with E-state index in [9.17, 15) is 0 Å². The third-order valence-electron chi connectivity index (χ3n) is 2.79. The van der Waals surface area contributed by atoms with Gasteiger partial charge >= 0.3 is 0 Å². The molecule has 0 radical (unpaired) electrons. The molecule has 106 valence electrons. The maximum Gasteiger partial charge on any atom is 0.118 e. The number of nitrogens with zero attached hydrogens (tertiary/aromatic N) is 1. The lowest BCUT2D eigenvalue weighted by atomic mass is 10.2. The number of benzene rings is 1. The minimum atomic E-state index is 0.489. The van der Waals surface area contributed by atoms with Crippen LogP contribution in [0.1, 0.15) is 19.4 Å². The van der Waals surface area contributed by atoms with Crippen molar-refractivity contribution >= 4 is 11.8 Å². The van der Waals surface area contributed by atoms with Gasteiger partial charge in [0.2, 0.25) is 0 Å². The van der Waals surface area contributed by atoms with Crippen molar-refractivity contribution in [2.24, 2.45) is 0 Å². The van der Waals surface area contributed by atoms with E-state index in [0.717, 1.165) is 22.2 Å². The average Bonchev–Trinajstić information content (AvgIpc) is 2.47. The highest BCUT2D eigenvalue weighted by atomic mass is 32.2. The molecule has 20 heavy (non-hydrogen) atoms. The summed E-state index contributed by atoms with van der Waals surface area (Å²) in [6.45, 7) is 5.14. The third-order valence-corrected chi connectivity index (χ3v) is 3.75. The van der Waals surface area contributed by atoms with Crippen molar-refractivity contribution < 1.29 is 4.74 Å². The molecule has 2 rings (SSSR count). The van der Waals surface area contributed by atoms with Crippen LogP contribution in [0.5, 0.6) is 5.75 Å². The molecule has 0 spiro atoms. The fourth-order valence-corrected chi connectivity index (χ4v) is 2.42. The summed E-state index contributed by atoms with van der Waals surface area (Å²) in [7, 11) is 1.67. The minimum Gasteiger partial charge on any atom is -0.497 e. The monoisotopic (exact) mass is 288 g/mol. The van der Waals surface area contributed by atoms with Crippen LogP contribution in [-0.2, 0) is 6.54 Å². The van der Waals surface area contributed by atoms with Gasteiger partial charge in [-0.05, 0) is 35.9 Å². The predicted octanol–water partition coefficient (Wildman–Crippen LogP) is 3.74. The molecule has 1 heterocycles. The summed E-state index contributed by atoms with van der Waals surface area (Å²) in [5.74, 6) is 0.873. The number of rotatable bonds is 6. The normalized spacial score (nSPS) is 10.8. The number of methoxy groups -OCH3 is 1. The lowest BCUT2D eigenvalue weighted by Crippen LogP contribution is -2.21. The second-order valence-corrected chi connectivity index (χ2v) is 5.91. The zero-order valence-electron chi connectivity index (χ0n) is 12.1. The van der Waals surface area contributed by atoms with Crippen molar-refractivity contribution in [2.75, 3.05) is 7.11 Å². The molecule has 0 saturated heterocycles. The number of aromatic nitrogens is 1. The van der Waals surface area contributed by atoms with E-state index in [-0.39, 0.29) is 0 Å². The van der Waals surface area contributed by atoms with E-state index in [2.05, 4.69) is 36.3 Å². The summed E-state index contributed by atoms with van der Waals surface area (Å²) in [5.41, 5.74) is 1.21. The molecule has 0 amide bonds. The second-order valence-electron chi connectivity index (χ2n) is 4.82. The Kier molecular flexibility index (Phi) is 5.44. The molecule has 1 aromatic heterocycles. The Morgan fingerprint density at radius 3 is 2.45 bits per heavy atom. The summed E-state index contributed by atoms with van der Waals surface area (Å²) >= 11 is 1.65. The molecule has 0 unspecified atom stereocenters. The number of ether oxygens (including phenoxy) is 1. The lowest BCUT2D eigenvalue weighted by molar-refractivity contribution is 0.414. The molecule has 0 fully saturated rings. The third kappa shape index (κ3) is 4.54. The minimum absolute atomic E-state index is 0.489. The number of hydrogen-bond donors (Lipinski definition) is 1. The van der Waals surface area contributed by atoms with Crippen LogP contribution in [0, 0.1) is 0 Å². The van der Waals surface area contributed by atoms with Crippen LogP contribution < -0.4 is 10.1 Å². The molecule has 4 heteroatoms. The molecule has 1 aromatic carbocycles. The topological polar surface area (TPSA) is 34.1 Å². The van der Waals surface area contributed by atoms with Gasteiger partial charge in [-0.15, -0.1) is 0 Å². The molecule has 0 atom stereocenters. The number of pyridine rings is 1. The first-order valence-electron chi connectivity index (χ1n) is 6.67. The van der Waals surface area contributed by atoms with Crippen molar-refractivity contribution in [3.8, 4) is 5.75 Å². The fraction of sp³-hybridized carbons (Fsp3) is 0.312. The Morgan fingerprint density at radius 2 is 1.90 bits per heavy atom. The first-order valence-corrected chi connectivity index (χ1v) is 7.49. The van der Waals surface area contributed by atoms with Gasteiger partial charge in [0.1, 0.15) is 10.8 Å². The van der Waals surface area contributed by atoms with Gasteiger partial charge in [-0.25, -0.2) is 4.98 Å². The number of hydrogen-bond acceptors (Lipinski definition) is 4. The molecule has 0 aliphatic heterocycles. The first kappa shape index (κ1) is 14.9. The van der Waals surface area contributed by atoms with Crippen LogP contribution in [0.25, 0.3) is 0 Å². The van der Waals surface area contributed by atoms with Crippen LogP contribution in [0.2, 0.25) is 0 Å². The Balaban J connectivity index is 1.95. The maximum absolute atomic E-state index is 5.15. The van der Waals surface area contributed by atoms with E-state index < -0.39 is 0 Å². The van der Waals surface area contributed by atoms with Crippen molar-refractivity contribution in [1.82, 2.24) is 10.3 Å². The van der Waals surface area contributed by atoms with E-state index in [1.807, 2.05) is 30.5 Å². The van der Waals surface area contributed by atoms with Gasteiger partial charge in [-0.3, -0.25) is 0 Å². The van der Waals surface area contributed by atoms with Crippen LogP contribution in [-0.4, -0.2) is 18.1 Å². The molecule has 2 aromatic rings. The molecule has 0 bridgehead atoms. The molecule has 0 saturated carbocycles. The standard InChI is InChI=1S/C16H20N2OS/c1-12(2)17-10-13-4-9-16(18-11-13)20-15-7-5-14(19-3)6-8-15/h4-9,11-12,17H,10H2,1-3H3. The highest BCUT2D eigenvalue weighted by molar-refractivity contribution is 7.99. The highest BCUT2D eigenvalue weighted by Crippen LogP contribution is 2.27. The largest absolute Gasteiger partial charge is 0.497 e. The number of nitrogens with one attached hydrogen (secondary N) is 1. The van der Waals surface area contributed by atoms with Crippen molar-refractivity contribution in [3.63, 3.8) is 0 Å². The SMILES string of the molecule is COc1ccc(Sc2ccc(CNC(C)C)cn2)cc1. The molecule has 0 aliphatic carbocycles. The molecular formula is C16H20N2OS. The van der Waals surface area contributed by atoms with E-state index in [1.54, 1.807) is 18.9 Å². The smallest absolute Gasteiger partial charge is 0.118 e. The van der Waals surface area contributed by atoms with Crippen LogP contribution in [0.3, 0.4) is 0 Å². The summed E-state index contributed by atoms with van der Waals surface area (Å²) in [6.07, 6.45) is 1.93.